The summed E-state index contributed by atoms with van der Waals surface area (Å²) < 4.78 is 10.1. The van der Waals surface area contributed by atoms with Crippen molar-refractivity contribution in [1.82, 2.24) is 4.98 Å². The van der Waals surface area contributed by atoms with E-state index in [1.54, 1.807) is 39.0 Å². The Morgan fingerprint density at radius 3 is 2.23 bits per heavy atom. The molecule has 31 heavy (non-hydrogen) atoms. The van der Waals surface area contributed by atoms with Crippen LogP contribution < -0.4 is 4.90 Å². The Balaban J connectivity index is 2.15. The molecule has 8 nitrogen and oxygen atoms in total. The fourth-order valence-electron chi connectivity index (χ4n) is 3.04. The summed E-state index contributed by atoms with van der Waals surface area (Å²) in [5, 5.41) is 9.33. The van der Waals surface area contributed by atoms with Gasteiger partial charge in [-0.25, -0.2) is 9.59 Å². The summed E-state index contributed by atoms with van der Waals surface area (Å²) in [6.07, 6.45) is 1.39. The molecule has 2 aromatic rings. The number of carbonyl (C=O) groups excluding carboxylic acids is 3. The Morgan fingerprint density at radius 1 is 1.06 bits per heavy atom. The molecule has 0 fully saturated rings. The third-order valence-corrected chi connectivity index (χ3v) is 4.53. The van der Waals surface area contributed by atoms with Crippen LogP contribution in [0, 0.1) is 25.2 Å². The van der Waals surface area contributed by atoms with E-state index in [4.69, 9.17) is 9.47 Å². The Bertz CT molecular complexity index is 1060. The zero-order chi connectivity index (χ0) is 23.1. The number of benzene rings is 1. The number of aromatic amines is 1. The molecule has 8 heteroatoms. The molecule has 0 unspecified atom stereocenters. The first-order chi connectivity index (χ1) is 14.7. The zero-order valence-corrected chi connectivity index (χ0v) is 18.2. The largest absolute Gasteiger partial charge is 0.462 e. The molecule has 0 spiro atoms. The summed E-state index contributed by atoms with van der Waals surface area (Å²) in [7, 11) is 3.81. The lowest BCUT2D eigenvalue weighted by atomic mass is 10.1. The van der Waals surface area contributed by atoms with Crippen LogP contribution in [-0.4, -0.2) is 50.0 Å². The molecule has 0 aliphatic carbocycles. The van der Waals surface area contributed by atoms with Crippen molar-refractivity contribution in [3.8, 4) is 6.07 Å². The number of nitrogens with zero attached hydrogens (tertiary/aromatic N) is 2. The first kappa shape index (κ1) is 23.4. The molecule has 0 aliphatic rings. The number of aryl methyl sites for hydroxylation is 2. The number of H-pyrrole nitrogens is 1. The maximum Gasteiger partial charge on any atom is 0.349 e. The van der Waals surface area contributed by atoms with Crippen LogP contribution in [0.15, 0.2) is 29.8 Å². The van der Waals surface area contributed by atoms with Gasteiger partial charge < -0.3 is 19.4 Å². The fourth-order valence-corrected chi connectivity index (χ4v) is 3.04. The van der Waals surface area contributed by atoms with Gasteiger partial charge in [-0.1, -0.05) is 12.1 Å². The summed E-state index contributed by atoms with van der Waals surface area (Å²) >= 11 is 0. The van der Waals surface area contributed by atoms with Crippen LogP contribution in [0.2, 0.25) is 0 Å². The molecular weight excluding hydrogens is 398 g/mol. The lowest BCUT2D eigenvalue weighted by molar-refractivity contribution is -0.137. The van der Waals surface area contributed by atoms with Crippen LogP contribution in [0.5, 0.6) is 0 Å². The quantitative estimate of drug-likeness (QED) is 0.300. The normalized spacial score (nSPS) is 10.9. The Kier molecular flexibility index (Phi) is 7.75. The highest BCUT2D eigenvalue weighted by molar-refractivity contribution is 6.09. The smallest absolute Gasteiger partial charge is 0.349 e. The molecule has 1 heterocycles. The highest BCUT2D eigenvalue weighted by atomic mass is 16.5. The summed E-state index contributed by atoms with van der Waals surface area (Å²) in [5.41, 5.74) is 2.58. The van der Waals surface area contributed by atoms with Gasteiger partial charge in [0, 0.05) is 31.2 Å². The summed E-state index contributed by atoms with van der Waals surface area (Å²) in [5.74, 6) is -2.11. The molecule has 0 atom stereocenters. The van der Waals surface area contributed by atoms with Gasteiger partial charge in [-0.15, -0.1) is 0 Å². The Labute approximate surface area is 181 Å². The summed E-state index contributed by atoms with van der Waals surface area (Å²) in [4.78, 5) is 42.1. The predicted octanol–water partition coefficient (Wildman–Crippen LogP) is 3.21. The number of esters is 2. The average Bonchev–Trinajstić information content (AvgIpc) is 3.04. The highest BCUT2D eigenvalue weighted by Gasteiger charge is 2.26. The van der Waals surface area contributed by atoms with Gasteiger partial charge in [-0.2, -0.15) is 5.26 Å². The molecule has 2 rings (SSSR count). The number of hydrogen-bond donors (Lipinski definition) is 1. The number of carbonyl (C=O) groups is 3. The minimum atomic E-state index is -0.921. The van der Waals surface area contributed by atoms with Crippen molar-refractivity contribution >= 4 is 29.5 Å². The maximum atomic E-state index is 12.7. The van der Waals surface area contributed by atoms with Crippen molar-refractivity contribution in [3.05, 3.63) is 57.9 Å². The molecule has 0 saturated heterocycles. The van der Waals surface area contributed by atoms with Crippen LogP contribution in [-0.2, 0) is 14.3 Å². The van der Waals surface area contributed by atoms with Gasteiger partial charge in [0.2, 0.25) is 5.78 Å². The molecule has 1 N–H and O–H groups in total. The predicted molar refractivity (Wildman–Crippen MR) is 116 cm³/mol. The third-order valence-electron chi connectivity index (χ3n) is 4.53. The maximum absolute atomic E-state index is 12.7. The minimum Gasteiger partial charge on any atom is -0.462 e. The number of Topliss-reactive ketones (excluding diaryl/α,β-unsaturated/α-hetero) is 1. The van der Waals surface area contributed by atoms with Gasteiger partial charge in [-0.3, -0.25) is 4.79 Å². The van der Waals surface area contributed by atoms with Crippen LogP contribution in [0.4, 0.5) is 5.69 Å². The Morgan fingerprint density at radius 2 is 1.68 bits per heavy atom. The first-order valence-corrected chi connectivity index (χ1v) is 9.65. The number of aromatic nitrogens is 1. The van der Waals surface area contributed by atoms with Crippen LogP contribution in [0.3, 0.4) is 0 Å². The molecule has 0 amide bonds. The van der Waals surface area contributed by atoms with E-state index in [0.717, 1.165) is 5.69 Å². The monoisotopic (exact) mass is 423 g/mol. The number of nitrogens with one attached hydrogen (secondary N) is 1. The summed E-state index contributed by atoms with van der Waals surface area (Å²) in [6.45, 7) is 4.52. The molecule has 162 valence electrons. The van der Waals surface area contributed by atoms with Crippen molar-refractivity contribution < 1.29 is 23.9 Å². The molecular formula is C23H25N3O5. The zero-order valence-electron chi connectivity index (χ0n) is 18.2. The fraction of sp³-hybridized carbons (Fsp3) is 0.304. The number of nitriles is 1. The van der Waals surface area contributed by atoms with E-state index in [-0.39, 0.29) is 23.3 Å². The van der Waals surface area contributed by atoms with E-state index in [1.807, 2.05) is 31.1 Å². The topological polar surface area (TPSA) is 112 Å². The summed E-state index contributed by atoms with van der Waals surface area (Å²) in [6, 6.07) is 9.03. The molecule has 1 aromatic carbocycles. The highest BCUT2D eigenvalue weighted by Crippen LogP contribution is 2.21. The third kappa shape index (κ3) is 5.60. The van der Waals surface area contributed by atoms with Crippen LogP contribution >= 0.6 is 0 Å². The first-order valence-electron chi connectivity index (χ1n) is 9.65. The number of ketones is 1. The lowest BCUT2D eigenvalue weighted by Gasteiger charge is -2.11. The van der Waals surface area contributed by atoms with Crippen molar-refractivity contribution in [2.75, 3.05) is 32.2 Å². The number of ether oxygens (including phenoxy) is 2. The van der Waals surface area contributed by atoms with Gasteiger partial charge in [0.15, 0.2) is 6.61 Å². The standard InChI is InChI=1S/C23H25N3O5/c1-6-30-23(29)21-15(3)25-14(2)20(21)19(27)13-31-22(28)17(12-24)11-16-7-9-18(10-8-16)26(4)5/h7-11,25H,6,13H2,1-5H3/b17-11+. The second-order valence-electron chi connectivity index (χ2n) is 7.00. The van der Waals surface area contributed by atoms with Crippen molar-refractivity contribution in [3.63, 3.8) is 0 Å². The average molecular weight is 423 g/mol. The SMILES string of the molecule is CCOC(=O)c1c(C)[nH]c(C)c1C(=O)COC(=O)/C(C#N)=C/c1ccc(N(C)C)cc1. The van der Waals surface area contributed by atoms with Crippen LogP contribution in [0.25, 0.3) is 6.08 Å². The van der Waals surface area contributed by atoms with Gasteiger partial charge >= 0.3 is 11.9 Å². The van der Waals surface area contributed by atoms with E-state index in [0.29, 0.717) is 17.0 Å². The number of hydrogen-bond acceptors (Lipinski definition) is 7. The molecule has 0 saturated carbocycles. The Hall–Kier alpha value is -3.86. The van der Waals surface area contributed by atoms with E-state index in [1.165, 1.54) is 6.08 Å². The van der Waals surface area contributed by atoms with Crippen molar-refractivity contribution in [1.29, 1.82) is 5.26 Å². The molecule has 1 aromatic heterocycles. The van der Waals surface area contributed by atoms with E-state index >= 15 is 0 Å². The van der Waals surface area contributed by atoms with Crippen LogP contribution in [0.1, 0.15) is 44.6 Å². The van der Waals surface area contributed by atoms with Gasteiger partial charge in [0.1, 0.15) is 11.6 Å². The van der Waals surface area contributed by atoms with Gasteiger partial charge in [0.25, 0.3) is 0 Å². The number of rotatable bonds is 8. The van der Waals surface area contributed by atoms with E-state index < -0.39 is 24.3 Å². The molecule has 0 radical (unpaired) electrons. The van der Waals surface area contributed by atoms with Crippen molar-refractivity contribution in [2.45, 2.75) is 20.8 Å². The molecule has 0 bridgehead atoms. The second-order valence-corrected chi connectivity index (χ2v) is 7.00. The van der Waals surface area contributed by atoms with Gasteiger partial charge in [-0.05, 0) is 44.5 Å². The molecule has 0 aliphatic heterocycles. The number of anilines is 1. The van der Waals surface area contributed by atoms with E-state index in [2.05, 4.69) is 4.98 Å². The lowest BCUT2D eigenvalue weighted by Crippen LogP contribution is -2.18. The minimum absolute atomic E-state index is 0.116. The second kappa shape index (κ2) is 10.3. The van der Waals surface area contributed by atoms with Crippen molar-refractivity contribution in [2.24, 2.45) is 0 Å². The van der Waals surface area contributed by atoms with Gasteiger partial charge in [0.05, 0.1) is 17.7 Å². The van der Waals surface area contributed by atoms with E-state index in [9.17, 15) is 19.6 Å².